The van der Waals surface area contributed by atoms with E-state index in [2.05, 4.69) is 0 Å². The highest BCUT2D eigenvalue weighted by molar-refractivity contribution is 5.34. The second-order valence-corrected chi connectivity index (χ2v) is 4.34. The molecule has 0 spiro atoms. The molecule has 82 valence electrons. The summed E-state index contributed by atoms with van der Waals surface area (Å²) in [5.74, 6) is 1.90. The first kappa shape index (κ1) is 9.24. The zero-order valence-corrected chi connectivity index (χ0v) is 8.82. The number of allylic oxidation sites excluding steroid dienone is 2. The molecule has 4 nitrogen and oxygen atoms in total. The standard InChI is InChI=1S/C11H15NO3/c1-12-3-2-7-4-9-10(15-6-14-9)5-8(7)11(12)13/h11,13H,2-6H2,1H3. The van der Waals surface area contributed by atoms with Crippen molar-refractivity contribution in [2.24, 2.45) is 0 Å². The normalized spacial score (nSPS) is 30.9. The molecule has 1 atom stereocenters. The molecule has 1 N–H and O–H groups in total. The number of ether oxygens (including phenoxy) is 2. The van der Waals surface area contributed by atoms with Crippen LogP contribution in [0.2, 0.25) is 0 Å². The maximum atomic E-state index is 10.0. The van der Waals surface area contributed by atoms with Crippen LogP contribution in [0.5, 0.6) is 0 Å². The molecule has 0 radical (unpaired) electrons. The van der Waals surface area contributed by atoms with Gasteiger partial charge >= 0.3 is 0 Å². The molecule has 3 rings (SSSR count). The minimum absolute atomic E-state index is 0.344. The van der Waals surface area contributed by atoms with Crippen molar-refractivity contribution in [3.8, 4) is 0 Å². The highest BCUT2D eigenvalue weighted by atomic mass is 16.7. The van der Waals surface area contributed by atoms with Gasteiger partial charge in [-0.05, 0) is 19.0 Å². The number of aliphatic hydroxyl groups excluding tert-OH is 1. The Labute approximate surface area is 88.8 Å². The van der Waals surface area contributed by atoms with Gasteiger partial charge in [-0.2, -0.15) is 0 Å². The molecule has 1 unspecified atom stereocenters. The summed E-state index contributed by atoms with van der Waals surface area (Å²) in [6, 6.07) is 0. The van der Waals surface area contributed by atoms with Crippen LogP contribution in [0, 0.1) is 0 Å². The number of hydrogen-bond donors (Lipinski definition) is 1. The first-order chi connectivity index (χ1) is 7.25. The molecular formula is C11H15NO3. The van der Waals surface area contributed by atoms with Crippen molar-refractivity contribution in [2.75, 3.05) is 20.4 Å². The number of aliphatic hydroxyl groups is 1. The van der Waals surface area contributed by atoms with Gasteiger partial charge in [-0.25, -0.2) is 0 Å². The molecule has 0 aromatic rings. The number of nitrogens with zero attached hydrogens (tertiary/aromatic N) is 1. The molecule has 0 saturated carbocycles. The number of rotatable bonds is 0. The minimum Gasteiger partial charge on any atom is -0.458 e. The summed E-state index contributed by atoms with van der Waals surface area (Å²) < 4.78 is 10.8. The largest absolute Gasteiger partial charge is 0.458 e. The Balaban J connectivity index is 1.89. The quantitative estimate of drug-likeness (QED) is 0.603. The SMILES string of the molecule is CN1CCC2=C(CC3=C(C2)OCO3)C1O. The van der Waals surface area contributed by atoms with Crippen molar-refractivity contribution in [2.45, 2.75) is 25.5 Å². The van der Waals surface area contributed by atoms with Crippen molar-refractivity contribution in [1.29, 1.82) is 0 Å². The van der Waals surface area contributed by atoms with E-state index in [1.807, 2.05) is 11.9 Å². The molecule has 15 heavy (non-hydrogen) atoms. The third kappa shape index (κ3) is 1.36. The molecule has 2 heterocycles. The molecule has 0 aromatic carbocycles. The van der Waals surface area contributed by atoms with Gasteiger partial charge in [0.1, 0.15) is 17.7 Å². The van der Waals surface area contributed by atoms with Gasteiger partial charge in [0.2, 0.25) is 6.79 Å². The lowest BCUT2D eigenvalue weighted by molar-refractivity contribution is 0.0393. The zero-order valence-electron chi connectivity index (χ0n) is 8.82. The third-order valence-electron chi connectivity index (χ3n) is 3.45. The van der Waals surface area contributed by atoms with E-state index in [-0.39, 0.29) is 0 Å². The number of likely N-dealkylation sites (N-methyl/N-ethyl adjacent to an activating group) is 1. The van der Waals surface area contributed by atoms with Crippen molar-refractivity contribution < 1.29 is 14.6 Å². The van der Waals surface area contributed by atoms with E-state index < -0.39 is 6.23 Å². The molecule has 0 saturated heterocycles. The zero-order chi connectivity index (χ0) is 10.4. The van der Waals surface area contributed by atoms with Gasteiger partial charge in [-0.15, -0.1) is 0 Å². The van der Waals surface area contributed by atoms with Crippen molar-refractivity contribution in [3.05, 3.63) is 22.7 Å². The molecule has 0 aromatic heterocycles. The Morgan fingerprint density at radius 2 is 2.00 bits per heavy atom. The lowest BCUT2D eigenvalue weighted by Crippen LogP contribution is -2.39. The lowest BCUT2D eigenvalue weighted by Gasteiger charge is -2.34. The molecule has 0 bridgehead atoms. The van der Waals surface area contributed by atoms with E-state index in [4.69, 9.17) is 9.47 Å². The first-order valence-corrected chi connectivity index (χ1v) is 5.32. The third-order valence-corrected chi connectivity index (χ3v) is 3.45. The van der Waals surface area contributed by atoms with Gasteiger partial charge in [-0.3, -0.25) is 4.90 Å². The van der Waals surface area contributed by atoms with Gasteiger partial charge in [0, 0.05) is 19.4 Å². The Hall–Kier alpha value is -1.00. The lowest BCUT2D eigenvalue weighted by atomic mass is 9.88. The molecule has 2 aliphatic heterocycles. The topological polar surface area (TPSA) is 41.9 Å². The molecule has 4 heteroatoms. The first-order valence-electron chi connectivity index (χ1n) is 5.32. The summed E-state index contributed by atoms with van der Waals surface area (Å²) in [5.41, 5.74) is 2.46. The van der Waals surface area contributed by atoms with E-state index in [1.165, 1.54) is 5.57 Å². The van der Waals surface area contributed by atoms with Crippen LogP contribution in [0.3, 0.4) is 0 Å². The van der Waals surface area contributed by atoms with Gasteiger partial charge in [0.05, 0.1) is 0 Å². The van der Waals surface area contributed by atoms with Crippen LogP contribution in [-0.2, 0) is 9.47 Å². The fraction of sp³-hybridized carbons (Fsp3) is 0.636. The Morgan fingerprint density at radius 3 is 2.80 bits per heavy atom. The van der Waals surface area contributed by atoms with E-state index in [9.17, 15) is 5.11 Å². The van der Waals surface area contributed by atoms with Crippen LogP contribution in [0.4, 0.5) is 0 Å². The van der Waals surface area contributed by atoms with Gasteiger partial charge in [0.15, 0.2) is 0 Å². The predicted molar refractivity (Wildman–Crippen MR) is 53.6 cm³/mol. The summed E-state index contributed by atoms with van der Waals surface area (Å²) in [6.07, 6.45) is 2.14. The number of hydrogen-bond acceptors (Lipinski definition) is 4. The predicted octanol–water partition coefficient (Wildman–Crippen LogP) is 0.947. The maximum absolute atomic E-state index is 10.0. The van der Waals surface area contributed by atoms with Crippen LogP contribution in [0.15, 0.2) is 22.7 Å². The van der Waals surface area contributed by atoms with Crippen LogP contribution in [0.1, 0.15) is 19.3 Å². The smallest absolute Gasteiger partial charge is 0.230 e. The monoisotopic (exact) mass is 209 g/mol. The molecule has 0 amide bonds. The Kier molecular flexibility index (Phi) is 2.00. The van der Waals surface area contributed by atoms with E-state index in [0.29, 0.717) is 6.79 Å². The fourth-order valence-corrected chi connectivity index (χ4v) is 2.46. The highest BCUT2D eigenvalue weighted by Gasteiger charge is 2.33. The van der Waals surface area contributed by atoms with Gasteiger partial charge in [0.25, 0.3) is 0 Å². The molecular weight excluding hydrogens is 194 g/mol. The Morgan fingerprint density at radius 1 is 1.27 bits per heavy atom. The van der Waals surface area contributed by atoms with Gasteiger partial charge in [-0.1, -0.05) is 5.57 Å². The van der Waals surface area contributed by atoms with Crippen LogP contribution in [0.25, 0.3) is 0 Å². The summed E-state index contributed by atoms with van der Waals surface area (Å²) >= 11 is 0. The summed E-state index contributed by atoms with van der Waals surface area (Å²) in [7, 11) is 1.95. The van der Waals surface area contributed by atoms with Crippen LogP contribution >= 0.6 is 0 Å². The minimum atomic E-state index is -0.438. The van der Waals surface area contributed by atoms with Crippen LogP contribution < -0.4 is 0 Å². The van der Waals surface area contributed by atoms with E-state index in [0.717, 1.165) is 42.9 Å². The van der Waals surface area contributed by atoms with Crippen molar-refractivity contribution in [3.63, 3.8) is 0 Å². The fourth-order valence-electron chi connectivity index (χ4n) is 2.46. The molecule has 3 aliphatic rings. The van der Waals surface area contributed by atoms with Gasteiger partial charge < -0.3 is 14.6 Å². The van der Waals surface area contributed by atoms with E-state index in [1.54, 1.807) is 0 Å². The molecule has 1 aliphatic carbocycles. The maximum Gasteiger partial charge on any atom is 0.230 e. The average molecular weight is 209 g/mol. The second kappa shape index (κ2) is 3.25. The summed E-state index contributed by atoms with van der Waals surface area (Å²) in [4.78, 5) is 1.97. The van der Waals surface area contributed by atoms with Crippen molar-refractivity contribution >= 4 is 0 Å². The summed E-state index contributed by atoms with van der Waals surface area (Å²) in [6.45, 7) is 1.26. The second-order valence-electron chi connectivity index (χ2n) is 4.34. The average Bonchev–Trinajstić information content (AvgIpc) is 2.68. The molecule has 0 fully saturated rings. The highest BCUT2D eigenvalue weighted by Crippen LogP contribution is 2.39. The Bertz CT molecular complexity index is 359. The van der Waals surface area contributed by atoms with Crippen molar-refractivity contribution in [1.82, 2.24) is 4.90 Å². The van der Waals surface area contributed by atoms with E-state index >= 15 is 0 Å². The summed E-state index contributed by atoms with van der Waals surface area (Å²) in [5, 5.41) is 10.0. The van der Waals surface area contributed by atoms with Crippen LogP contribution in [-0.4, -0.2) is 36.6 Å².